The molecular formula is C13H16N2O3. The number of aromatic nitrogens is 2. The number of methoxy groups -OCH3 is 1. The van der Waals surface area contributed by atoms with Crippen molar-refractivity contribution in [2.45, 2.75) is 31.6 Å². The van der Waals surface area contributed by atoms with Crippen molar-refractivity contribution >= 4 is 5.97 Å². The van der Waals surface area contributed by atoms with Gasteiger partial charge in [0, 0.05) is 12.1 Å². The lowest BCUT2D eigenvalue weighted by atomic mass is 9.88. The molecule has 1 heterocycles. The van der Waals surface area contributed by atoms with Gasteiger partial charge in [-0.2, -0.15) is 0 Å². The summed E-state index contributed by atoms with van der Waals surface area (Å²) >= 11 is 0. The molecule has 1 N–H and O–H groups in total. The summed E-state index contributed by atoms with van der Waals surface area (Å²) in [6, 6.07) is 0. The van der Waals surface area contributed by atoms with E-state index in [1.165, 1.54) is 32.6 Å². The third kappa shape index (κ3) is 1.74. The van der Waals surface area contributed by atoms with E-state index >= 15 is 0 Å². The molecule has 3 unspecified atom stereocenters. The molecule has 18 heavy (non-hydrogen) atoms. The molecular weight excluding hydrogens is 232 g/mol. The van der Waals surface area contributed by atoms with Crippen molar-refractivity contribution in [1.29, 1.82) is 0 Å². The smallest absolute Gasteiger partial charge is 0.345 e. The normalized spacial score (nSPS) is 29.5. The highest BCUT2D eigenvalue weighted by molar-refractivity contribution is 5.88. The zero-order chi connectivity index (χ0) is 12.7. The van der Waals surface area contributed by atoms with Crippen molar-refractivity contribution in [2.24, 2.45) is 11.8 Å². The van der Waals surface area contributed by atoms with Crippen LogP contribution in [0.25, 0.3) is 0 Å². The number of rotatable bonds is 2. The van der Waals surface area contributed by atoms with Gasteiger partial charge in [0.1, 0.15) is 11.4 Å². The first-order valence-corrected chi connectivity index (χ1v) is 6.36. The fourth-order valence-corrected chi connectivity index (χ4v) is 3.43. The number of esters is 1. The van der Waals surface area contributed by atoms with E-state index in [1.54, 1.807) is 0 Å². The second-order valence-corrected chi connectivity index (χ2v) is 5.28. The third-order valence-corrected chi connectivity index (χ3v) is 4.31. The van der Waals surface area contributed by atoms with Crippen LogP contribution in [0.4, 0.5) is 0 Å². The first-order valence-electron chi connectivity index (χ1n) is 6.36. The fraction of sp³-hybridized carbons (Fsp3) is 0.615. The summed E-state index contributed by atoms with van der Waals surface area (Å²) in [5, 5.41) is 0. The molecule has 3 atom stereocenters. The van der Waals surface area contributed by atoms with Crippen LogP contribution >= 0.6 is 0 Å². The Kier molecular flexibility index (Phi) is 2.69. The van der Waals surface area contributed by atoms with Crippen LogP contribution in [-0.2, 0) is 4.74 Å². The molecule has 2 aliphatic rings. The standard InChI is InChI=1S/C13H16N2O3/c1-18-13(17)10-6-14-11(15-12(10)16)9-5-7-2-3-8(9)4-7/h6-9H,2-5H2,1H3,(H,14,15,16). The minimum atomic E-state index is -0.636. The van der Waals surface area contributed by atoms with Gasteiger partial charge in [0.2, 0.25) is 0 Å². The van der Waals surface area contributed by atoms with Crippen LogP contribution in [-0.4, -0.2) is 23.0 Å². The number of carbonyl (C=O) groups is 1. The van der Waals surface area contributed by atoms with Crippen molar-refractivity contribution in [3.05, 3.63) is 27.9 Å². The Morgan fingerprint density at radius 2 is 2.28 bits per heavy atom. The highest BCUT2D eigenvalue weighted by Gasteiger charge is 2.41. The van der Waals surface area contributed by atoms with E-state index in [2.05, 4.69) is 14.7 Å². The molecule has 3 rings (SSSR count). The van der Waals surface area contributed by atoms with Gasteiger partial charge in [0.15, 0.2) is 0 Å². The largest absolute Gasteiger partial charge is 0.465 e. The summed E-state index contributed by atoms with van der Waals surface area (Å²) < 4.78 is 4.53. The van der Waals surface area contributed by atoms with Crippen molar-refractivity contribution in [3.63, 3.8) is 0 Å². The molecule has 2 saturated carbocycles. The second kappa shape index (κ2) is 4.23. The van der Waals surface area contributed by atoms with Gasteiger partial charge in [-0.05, 0) is 31.1 Å². The Bertz CT molecular complexity index is 537. The van der Waals surface area contributed by atoms with Crippen LogP contribution in [0.3, 0.4) is 0 Å². The molecule has 2 fully saturated rings. The predicted molar refractivity (Wildman–Crippen MR) is 64.4 cm³/mol. The summed E-state index contributed by atoms with van der Waals surface area (Å²) in [7, 11) is 1.26. The first-order chi connectivity index (χ1) is 8.69. The number of hydrogen-bond acceptors (Lipinski definition) is 4. The van der Waals surface area contributed by atoms with E-state index in [0.717, 1.165) is 18.2 Å². The number of nitrogens with one attached hydrogen (secondary N) is 1. The third-order valence-electron chi connectivity index (χ3n) is 4.31. The van der Waals surface area contributed by atoms with Crippen LogP contribution in [0.1, 0.15) is 47.8 Å². The molecule has 0 amide bonds. The molecule has 96 valence electrons. The molecule has 0 radical (unpaired) electrons. The maximum atomic E-state index is 11.8. The van der Waals surface area contributed by atoms with Crippen LogP contribution in [0.5, 0.6) is 0 Å². The average Bonchev–Trinajstić information content (AvgIpc) is 3.00. The number of carbonyl (C=O) groups excluding carboxylic acids is 1. The Labute approximate surface area is 105 Å². The molecule has 5 heteroatoms. The minimum absolute atomic E-state index is 0.0237. The summed E-state index contributed by atoms with van der Waals surface area (Å²) in [4.78, 5) is 30.1. The SMILES string of the molecule is COC(=O)c1cnc(C2CC3CCC2C3)[nH]c1=O. The molecule has 1 aromatic rings. The lowest BCUT2D eigenvalue weighted by Crippen LogP contribution is -2.23. The summed E-state index contributed by atoms with van der Waals surface area (Å²) in [5.74, 6) is 1.92. The average molecular weight is 248 g/mol. The quantitative estimate of drug-likeness (QED) is 0.804. The molecule has 0 saturated heterocycles. The molecule has 0 spiro atoms. The van der Waals surface area contributed by atoms with Crippen molar-refractivity contribution < 1.29 is 9.53 Å². The maximum Gasteiger partial charge on any atom is 0.345 e. The van der Waals surface area contributed by atoms with Crippen molar-refractivity contribution in [2.75, 3.05) is 7.11 Å². The summed E-state index contributed by atoms with van der Waals surface area (Å²) in [5.41, 5.74) is -0.418. The Morgan fingerprint density at radius 3 is 2.83 bits per heavy atom. The Balaban J connectivity index is 1.89. The zero-order valence-corrected chi connectivity index (χ0v) is 10.3. The first kappa shape index (κ1) is 11.4. The number of nitrogens with zero attached hydrogens (tertiary/aromatic N) is 1. The van der Waals surface area contributed by atoms with Crippen LogP contribution in [0, 0.1) is 11.8 Å². The molecule has 1 aromatic heterocycles. The Morgan fingerprint density at radius 1 is 1.44 bits per heavy atom. The summed E-state index contributed by atoms with van der Waals surface area (Å²) in [6.07, 6.45) is 6.26. The number of hydrogen-bond donors (Lipinski definition) is 1. The van der Waals surface area contributed by atoms with Gasteiger partial charge in [-0.1, -0.05) is 6.42 Å². The van der Waals surface area contributed by atoms with Gasteiger partial charge < -0.3 is 9.72 Å². The van der Waals surface area contributed by atoms with Crippen LogP contribution in [0.2, 0.25) is 0 Å². The van der Waals surface area contributed by atoms with Gasteiger partial charge >= 0.3 is 5.97 Å². The predicted octanol–water partition coefficient (Wildman–Crippen LogP) is 1.46. The molecule has 0 aliphatic heterocycles. The number of ether oxygens (including phenoxy) is 1. The zero-order valence-electron chi connectivity index (χ0n) is 10.3. The van der Waals surface area contributed by atoms with Crippen LogP contribution in [0.15, 0.2) is 11.0 Å². The van der Waals surface area contributed by atoms with E-state index in [4.69, 9.17) is 0 Å². The lowest BCUT2D eigenvalue weighted by molar-refractivity contribution is 0.0598. The topological polar surface area (TPSA) is 72.0 Å². The van der Waals surface area contributed by atoms with Gasteiger partial charge in [-0.25, -0.2) is 9.78 Å². The number of aromatic amines is 1. The lowest BCUT2D eigenvalue weighted by Gasteiger charge is -2.20. The van der Waals surface area contributed by atoms with Crippen molar-refractivity contribution in [1.82, 2.24) is 9.97 Å². The summed E-state index contributed by atoms with van der Waals surface area (Å²) in [6.45, 7) is 0. The molecule has 5 nitrogen and oxygen atoms in total. The van der Waals surface area contributed by atoms with E-state index in [-0.39, 0.29) is 5.56 Å². The highest BCUT2D eigenvalue weighted by Crippen LogP contribution is 2.51. The minimum Gasteiger partial charge on any atom is -0.465 e. The van der Waals surface area contributed by atoms with E-state index < -0.39 is 11.5 Å². The second-order valence-electron chi connectivity index (χ2n) is 5.28. The molecule has 2 aliphatic carbocycles. The van der Waals surface area contributed by atoms with Crippen molar-refractivity contribution in [3.8, 4) is 0 Å². The highest BCUT2D eigenvalue weighted by atomic mass is 16.5. The molecule has 0 aromatic carbocycles. The van der Waals surface area contributed by atoms with Gasteiger partial charge in [0.05, 0.1) is 7.11 Å². The monoisotopic (exact) mass is 248 g/mol. The number of H-pyrrole nitrogens is 1. The maximum absolute atomic E-state index is 11.8. The number of fused-ring (bicyclic) bond motifs is 2. The van der Waals surface area contributed by atoms with E-state index in [0.29, 0.717) is 11.8 Å². The molecule has 2 bridgehead atoms. The van der Waals surface area contributed by atoms with E-state index in [1.807, 2.05) is 0 Å². The van der Waals surface area contributed by atoms with Gasteiger partial charge in [0.25, 0.3) is 5.56 Å². The van der Waals surface area contributed by atoms with Crippen LogP contribution < -0.4 is 5.56 Å². The van der Waals surface area contributed by atoms with Gasteiger partial charge in [-0.15, -0.1) is 0 Å². The van der Waals surface area contributed by atoms with E-state index in [9.17, 15) is 9.59 Å². The fourth-order valence-electron chi connectivity index (χ4n) is 3.43. The Hall–Kier alpha value is -1.65. The van der Waals surface area contributed by atoms with Gasteiger partial charge in [-0.3, -0.25) is 4.79 Å².